The maximum atomic E-state index is 14.1. The lowest BCUT2D eigenvalue weighted by Gasteiger charge is -2.27. The maximum Gasteiger partial charge on any atom is 0.524 e. The van der Waals surface area contributed by atoms with Gasteiger partial charge in [0.15, 0.2) is 0 Å². The number of benzene rings is 4. The van der Waals surface area contributed by atoms with E-state index >= 15 is 0 Å². The quantitative estimate of drug-likeness (QED) is 0.0182. The number of aliphatic carboxylic acids is 1. The number of nitrogens with one attached hydrogen (secondary N) is 11. The van der Waals surface area contributed by atoms with E-state index in [9.17, 15) is 96.6 Å². The lowest BCUT2D eigenvalue weighted by molar-refractivity contribution is -0.139. The van der Waals surface area contributed by atoms with Crippen molar-refractivity contribution in [2.24, 2.45) is 27.8 Å². The highest BCUT2D eigenvalue weighted by Gasteiger charge is 2.35. The number of nitrogens with two attached hydrogens (primary N) is 1. The van der Waals surface area contributed by atoms with Crippen LogP contribution in [0.4, 0.5) is 11.4 Å². The van der Waals surface area contributed by atoms with Gasteiger partial charge in [0.1, 0.15) is 53.8 Å². The molecule has 0 spiro atoms. The molecule has 12 amide bonds. The average Bonchev–Trinajstić information content (AvgIpc) is 0.854. The molecule has 0 aliphatic rings. The number of phosphoric ester groups is 2. The molecule has 40 heteroatoms. The number of carboxylic acid groups (broad SMARTS) is 1. The van der Waals surface area contributed by atoms with E-state index in [-0.39, 0.29) is 66.7 Å². The molecular formula is C65H88N14O24P2. The summed E-state index contributed by atoms with van der Waals surface area (Å²) in [6.07, 6.45) is -4.73. The Kier molecular flexibility index (Phi) is 34.4. The highest BCUT2D eigenvalue weighted by Crippen LogP contribution is 2.38. The largest absolute Gasteiger partial charge is 0.524 e. The number of carbonyl (C=O) groups is 13. The van der Waals surface area contributed by atoms with Crippen LogP contribution in [0.15, 0.2) is 107 Å². The van der Waals surface area contributed by atoms with E-state index in [0.29, 0.717) is 22.5 Å². The first kappa shape index (κ1) is 86.8. The van der Waals surface area contributed by atoms with Crippen LogP contribution in [0.5, 0.6) is 11.5 Å². The Labute approximate surface area is 601 Å². The lowest BCUT2D eigenvalue weighted by atomic mass is 10.0. The zero-order valence-corrected chi connectivity index (χ0v) is 59.9. The van der Waals surface area contributed by atoms with Gasteiger partial charge in [-0.1, -0.05) is 64.1 Å². The van der Waals surface area contributed by atoms with Crippen molar-refractivity contribution in [3.05, 3.63) is 119 Å². The van der Waals surface area contributed by atoms with E-state index in [0.717, 1.165) is 26.0 Å². The SMILES string of the molecule is CC(=O)N[C@@H](Cc1ccc(OP(=O)(O)O)cc1)C(=O)N[C@H](C(=O)NCC(=O)N[C@@H](CC(C)C)C(=O)NCC(=O)NCc1ccc(N=Nc2ccc(C(=O)NCC(=O)N[C@@H](Cc3ccc(OP(=O)(O)O)cc3)C(=O)N[C@@H](CCC(=O)O)C(=O)N[C@H](C(=O)N[C@@H](CC(C)C)C(N)=O)[C@H](C)O)cc2)cc1)[C@H](C)O. The van der Waals surface area contributed by atoms with Gasteiger partial charge in [0.25, 0.3) is 5.91 Å². The molecule has 20 N–H and O–H groups in total. The zero-order chi connectivity index (χ0) is 78.5. The van der Waals surface area contributed by atoms with Crippen molar-refractivity contribution >= 4 is 104 Å². The number of hydrogen-bond acceptors (Lipinski definition) is 21. The van der Waals surface area contributed by atoms with Crippen molar-refractivity contribution in [1.82, 2.24) is 58.5 Å². The molecule has 0 fully saturated rings. The highest BCUT2D eigenvalue weighted by atomic mass is 31.2. The predicted molar refractivity (Wildman–Crippen MR) is 370 cm³/mol. The van der Waals surface area contributed by atoms with Gasteiger partial charge in [-0.25, -0.2) is 9.13 Å². The number of nitrogens with zero attached hydrogens (tertiary/aromatic N) is 2. The normalized spacial score (nSPS) is 14.0. The summed E-state index contributed by atoms with van der Waals surface area (Å²) in [4.78, 5) is 206. The van der Waals surface area contributed by atoms with E-state index < -0.39 is 179 Å². The Morgan fingerprint density at radius 3 is 1.30 bits per heavy atom. The van der Waals surface area contributed by atoms with Crippen LogP contribution in [0.25, 0.3) is 0 Å². The molecule has 0 aliphatic carbocycles. The summed E-state index contributed by atoms with van der Waals surface area (Å²) >= 11 is 0. The van der Waals surface area contributed by atoms with Gasteiger partial charge in [0.2, 0.25) is 65.0 Å². The Balaban J connectivity index is 1.31. The molecule has 9 atom stereocenters. The molecule has 0 saturated heterocycles. The van der Waals surface area contributed by atoms with Gasteiger partial charge in [0, 0.05) is 38.3 Å². The number of rotatable bonds is 42. The topological polar surface area (TPSA) is 599 Å². The number of carboxylic acids is 1. The van der Waals surface area contributed by atoms with Crippen molar-refractivity contribution < 1.29 is 115 Å². The Morgan fingerprint density at radius 2 is 0.848 bits per heavy atom. The van der Waals surface area contributed by atoms with Crippen LogP contribution in [0, 0.1) is 11.8 Å². The van der Waals surface area contributed by atoms with Gasteiger partial charge in [-0.2, -0.15) is 10.2 Å². The summed E-state index contributed by atoms with van der Waals surface area (Å²) in [5, 5.41) is 65.4. The third-order valence-electron chi connectivity index (χ3n) is 14.7. The molecule has 0 unspecified atom stereocenters. The van der Waals surface area contributed by atoms with Crippen LogP contribution in [0.1, 0.15) is 101 Å². The molecule has 0 heterocycles. The summed E-state index contributed by atoms with van der Waals surface area (Å²) in [5.41, 5.74) is 7.46. The fourth-order valence-corrected chi connectivity index (χ4v) is 10.4. The molecule has 4 aromatic carbocycles. The molecule has 0 aromatic heterocycles. The zero-order valence-electron chi connectivity index (χ0n) is 58.1. The summed E-state index contributed by atoms with van der Waals surface area (Å²) in [6.45, 7) is 8.59. The summed E-state index contributed by atoms with van der Waals surface area (Å²) in [7, 11) is -9.83. The molecule has 105 heavy (non-hydrogen) atoms. The molecule has 572 valence electrons. The van der Waals surface area contributed by atoms with Gasteiger partial charge in [-0.3, -0.25) is 81.9 Å². The smallest absolute Gasteiger partial charge is 0.481 e. The van der Waals surface area contributed by atoms with Crippen molar-refractivity contribution in [3.8, 4) is 11.5 Å². The Morgan fingerprint density at radius 1 is 0.448 bits per heavy atom. The standard InChI is InChI=1S/C65H88N14O24P2/c1-34(2)26-48(58(66)88)75-65(95)57(37(6)81)77-61(91)47(24-25-55(86)87)74-62(92)51(29-40-12-22-46(23-13-40)103-105(99,100)101)73-53(84)32-68-59(89)42-14-18-44(19-15-42)79-78-43-16-8-41(9-17-43)30-67-52(83)31-69-60(90)49(27-35(3)4)72-54(85)33-70-64(94)56(36(5)80)76-63(93)50(71-38(7)82)28-39-10-20-45(21-11-39)102-104(96,97)98/h8-23,34-37,47-51,56-57,80-81H,24-33H2,1-7H3,(H2,66,88)(H,67,83)(H,68,89)(H,69,90)(H,70,94)(H,71,82)(H,72,85)(H,73,84)(H,74,92)(H,75,95)(H,76,93)(H,77,91)(H,86,87)(H2,96,97,98)(H2,99,100,101)/t36-,37-,47-,48-,49-,50-,51-,56-,57-/m0/s1. The molecule has 0 radical (unpaired) electrons. The van der Waals surface area contributed by atoms with Gasteiger partial charge in [0.05, 0.1) is 43.2 Å². The first-order valence-corrected chi connectivity index (χ1v) is 35.5. The predicted octanol–water partition coefficient (Wildman–Crippen LogP) is -1.27. The Bertz CT molecular complexity index is 3830. The van der Waals surface area contributed by atoms with Gasteiger partial charge in [-0.15, -0.1) is 0 Å². The van der Waals surface area contributed by atoms with Crippen LogP contribution in [-0.2, 0) is 86.1 Å². The number of phosphoric acid groups is 2. The molecule has 0 saturated carbocycles. The summed E-state index contributed by atoms with van der Waals surface area (Å²) < 4.78 is 31.7. The van der Waals surface area contributed by atoms with Crippen molar-refractivity contribution in [2.45, 2.75) is 148 Å². The van der Waals surface area contributed by atoms with E-state index in [2.05, 4.69) is 77.8 Å². The number of amides is 12. The number of aliphatic hydroxyl groups excluding tert-OH is 2. The minimum absolute atomic E-state index is 0.0139. The maximum absolute atomic E-state index is 14.1. The molecule has 0 bridgehead atoms. The summed E-state index contributed by atoms with van der Waals surface area (Å²) in [5.74, 6) is -12.7. The van der Waals surface area contributed by atoms with Gasteiger partial charge < -0.3 is 88.6 Å². The van der Waals surface area contributed by atoms with E-state index in [1.54, 1.807) is 52.0 Å². The van der Waals surface area contributed by atoms with Crippen LogP contribution in [0.3, 0.4) is 0 Å². The molecule has 4 aromatic rings. The molecule has 38 nitrogen and oxygen atoms in total. The van der Waals surface area contributed by atoms with Crippen LogP contribution >= 0.6 is 15.6 Å². The first-order chi connectivity index (χ1) is 49.1. The van der Waals surface area contributed by atoms with Crippen molar-refractivity contribution in [3.63, 3.8) is 0 Å². The van der Waals surface area contributed by atoms with Crippen LogP contribution < -0.4 is 73.3 Å². The van der Waals surface area contributed by atoms with Crippen molar-refractivity contribution in [2.75, 3.05) is 19.6 Å². The highest BCUT2D eigenvalue weighted by molar-refractivity contribution is 7.47. The number of carbonyl (C=O) groups excluding carboxylic acids is 12. The molecular weight excluding hydrogens is 1420 g/mol. The van der Waals surface area contributed by atoms with E-state index in [4.69, 9.17) is 15.5 Å². The number of azo groups is 1. The lowest BCUT2D eigenvalue weighted by Crippen LogP contribution is -2.61. The van der Waals surface area contributed by atoms with Crippen LogP contribution in [0.2, 0.25) is 0 Å². The number of primary amides is 1. The number of aliphatic hydroxyl groups is 2. The van der Waals surface area contributed by atoms with Gasteiger partial charge >= 0.3 is 21.6 Å². The van der Waals surface area contributed by atoms with Crippen molar-refractivity contribution in [1.29, 1.82) is 0 Å². The van der Waals surface area contributed by atoms with E-state index in [1.807, 2.05) is 0 Å². The second-order valence-electron chi connectivity index (χ2n) is 24.8. The molecule has 0 aliphatic heterocycles. The molecule has 4 rings (SSSR count). The first-order valence-electron chi connectivity index (χ1n) is 32.5. The number of hydrogen-bond donors (Lipinski definition) is 19. The summed E-state index contributed by atoms with van der Waals surface area (Å²) in [6, 6.07) is 11.8. The minimum atomic E-state index is -4.98. The second kappa shape index (κ2) is 41.6. The Hall–Kier alpha value is -10.6. The van der Waals surface area contributed by atoms with Crippen LogP contribution in [-0.4, -0.2) is 186 Å². The minimum Gasteiger partial charge on any atom is -0.481 e. The second-order valence-corrected chi connectivity index (χ2v) is 27.2. The fraction of sp³-hybridized carbons (Fsp3) is 0.431. The third-order valence-corrected chi connectivity index (χ3v) is 15.6. The van der Waals surface area contributed by atoms with Gasteiger partial charge in [-0.05, 0) is 122 Å². The van der Waals surface area contributed by atoms with E-state index in [1.165, 1.54) is 67.6 Å². The third kappa shape index (κ3) is 33.2. The fourth-order valence-electron chi connectivity index (χ4n) is 9.65. The monoisotopic (exact) mass is 1510 g/mol. The average molecular weight is 1510 g/mol.